The molecule has 0 N–H and O–H groups in total. The Balaban J connectivity index is 1.40. The first kappa shape index (κ1) is 20.7. The number of rotatable bonds is 0. The van der Waals surface area contributed by atoms with Crippen LogP contribution in [-0.2, 0) is 21.0 Å². The minimum Gasteiger partial charge on any atom is -0.308 e. The van der Waals surface area contributed by atoms with E-state index in [0.29, 0.717) is 0 Å². The van der Waals surface area contributed by atoms with Crippen LogP contribution in [0.2, 0.25) is 0 Å². The second kappa shape index (κ2) is 6.34. The summed E-state index contributed by atoms with van der Waals surface area (Å²) in [5, 5.41) is 4.95. The first-order chi connectivity index (χ1) is 20.8. The summed E-state index contributed by atoms with van der Waals surface area (Å²) < 4.78 is 4.93. The molecule has 13 rings (SSSR count). The largest absolute Gasteiger partial charge is 0.308 e. The molecule has 2 spiro atoms. The third-order valence-electron chi connectivity index (χ3n) is 10.5. The van der Waals surface area contributed by atoms with Crippen LogP contribution in [0, 0.1) is 0 Å². The highest BCUT2D eigenvalue weighted by atomic mass is 17.2. The summed E-state index contributed by atoms with van der Waals surface area (Å²) in [4.78, 5) is 13.8. The standard InChI is InChI=1S/C38H20N2O2/c1-5-17-29-21(9-1)23-11-7-15-27-35(23)39(29)31-19-20-32-34-33(31)37(27)25-13-3-4-14-26(25)38(34,42-41-37)28-16-8-12-24-22-10-2-6-18-30(22)40(32)36(24)28/h1-20H. The molecule has 2 atom stereocenters. The summed E-state index contributed by atoms with van der Waals surface area (Å²) in [6.45, 7) is 0. The van der Waals surface area contributed by atoms with Crippen molar-refractivity contribution in [1.82, 2.24) is 9.13 Å². The summed E-state index contributed by atoms with van der Waals surface area (Å²) in [6.07, 6.45) is 0. The maximum atomic E-state index is 6.92. The fourth-order valence-corrected chi connectivity index (χ4v) is 9.09. The van der Waals surface area contributed by atoms with Crippen LogP contribution in [0.5, 0.6) is 0 Å². The van der Waals surface area contributed by atoms with Gasteiger partial charge in [-0.1, -0.05) is 97.1 Å². The van der Waals surface area contributed by atoms with Crippen LogP contribution in [0.15, 0.2) is 121 Å². The van der Waals surface area contributed by atoms with Crippen molar-refractivity contribution >= 4 is 43.6 Å². The van der Waals surface area contributed by atoms with Gasteiger partial charge < -0.3 is 9.13 Å². The molecule has 0 saturated carbocycles. The van der Waals surface area contributed by atoms with Crippen molar-refractivity contribution < 1.29 is 9.78 Å². The van der Waals surface area contributed by atoms with E-state index in [4.69, 9.17) is 9.78 Å². The summed E-state index contributed by atoms with van der Waals surface area (Å²) in [6, 6.07) is 44.2. The average Bonchev–Trinajstić information content (AvgIpc) is 3.58. The number of benzene rings is 6. The van der Waals surface area contributed by atoms with Gasteiger partial charge in [-0.25, -0.2) is 9.78 Å². The molecule has 2 unspecified atom stereocenters. The van der Waals surface area contributed by atoms with Crippen LogP contribution < -0.4 is 0 Å². The van der Waals surface area contributed by atoms with E-state index in [0.717, 1.165) is 33.6 Å². The summed E-state index contributed by atoms with van der Waals surface area (Å²) in [7, 11) is 0. The van der Waals surface area contributed by atoms with Crippen molar-refractivity contribution in [3.8, 4) is 11.4 Å². The maximum absolute atomic E-state index is 6.92. The van der Waals surface area contributed by atoms with Crippen molar-refractivity contribution in [2.75, 3.05) is 0 Å². The molecule has 4 nitrogen and oxygen atoms in total. The van der Waals surface area contributed by atoms with Crippen LogP contribution in [0.1, 0.15) is 33.4 Å². The molecule has 2 aromatic heterocycles. The van der Waals surface area contributed by atoms with Gasteiger partial charge in [-0.3, -0.25) is 0 Å². The van der Waals surface area contributed by atoms with E-state index in [9.17, 15) is 0 Å². The molecule has 0 radical (unpaired) electrons. The van der Waals surface area contributed by atoms with Gasteiger partial charge in [0.25, 0.3) is 0 Å². The molecule has 42 heavy (non-hydrogen) atoms. The van der Waals surface area contributed by atoms with Gasteiger partial charge in [0.1, 0.15) is 0 Å². The van der Waals surface area contributed by atoms with E-state index in [1.165, 1.54) is 54.7 Å². The molecule has 8 aromatic rings. The molecular weight excluding hydrogens is 516 g/mol. The first-order valence-electron chi connectivity index (χ1n) is 14.5. The van der Waals surface area contributed by atoms with Gasteiger partial charge in [0.15, 0.2) is 11.2 Å². The molecule has 0 saturated heterocycles. The van der Waals surface area contributed by atoms with Crippen LogP contribution in [0.3, 0.4) is 0 Å². The zero-order valence-electron chi connectivity index (χ0n) is 22.3. The van der Waals surface area contributed by atoms with Crippen LogP contribution in [0.25, 0.3) is 55.0 Å². The molecular formula is C38H20N2O2. The Morgan fingerprint density at radius 3 is 1.29 bits per heavy atom. The lowest BCUT2D eigenvalue weighted by Crippen LogP contribution is -2.56. The quantitative estimate of drug-likeness (QED) is 0.182. The lowest BCUT2D eigenvalue weighted by Gasteiger charge is -2.57. The Bertz CT molecular complexity index is 2430. The Morgan fingerprint density at radius 1 is 0.381 bits per heavy atom. The van der Waals surface area contributed by atoms with Gasteiger partial charge in [-0.05, 0) is 24.3 Å². The van der Waals surface area contributed by atoms with Gasteiger partial charge in [0, 0.05) is 54.9 Å². The van der Waals surface area contributed by atoms with Gasteiger partial charge >= 0.3 is 0 Å². The highest BCUT2D eigenvalue weighted by Gasteiger charge is 2.65. The minimum atomic E-state index is -0.892. The van der Waals surface area contributed by atoms with Gasteiger partial charge in [0.05, 0.1) is 33.4 Å². The molecule has 6 heterocycles. The van der Waals surface area contributed by atoms with E-state index in [1.807, 2.05) is 0 Å². The van der Waals surface area contributed by atoms with Gasteiger partial charge in [-0.15, -0.1) is 0 Å². The lowest BCUT2D eigenvalue weighted by molar-refractivity contribution is -0.409. The van der Waals surface area contributed by atoms with Gasteiger partial charge in [-0.2, -0.15) is 0 Å². The second-order valence-corrected chi connectivity index (χ2v) is 12.0. The third kappa shape index (κ3) is 1.83. The number of fused-ring (bicyclic) bond motifs is 9. The molecule has 0 fully saturated rings. The van der Waals surface area contributed by atoms with Gasteiger partial charge in [0.2, 0.25) is 0 Å². The van der Waals surface area contributed by atoms with Crippen molar-refractivity contribution in [1.29, 1.82) is 0 Å². The Hall–Kier alpha value is -5.16. The topological polar surface area (TPSA) is 28.3 Å². The molecule has 0 amide bonds. The first-order valence-corrected chi connectivity index (χ1v) is 14.5. The number of nitrogens with zero attached hydrogens (tertiary/aromatic N) is 2. The highest BCUT2D eigenvalue weighted by Crippen LogP contribution is 2.68. The molecule has 5 aliphatic rings. The molecule has 194 valence electrons. The smallest absolute Gasteiger partial charge is 0.183 e. The van der Waals surface area contributed by atoms with Crippen molar-refractivity contribution in [3.05, 3.63) is 155 Å². The molecule has 2 bridgehead atoms. The predicted molar refractivity (Wildman–Crippen MR) is 163 cm³/mol. The lowest BCUT2D eigenvalue weighted by atomic mass is 9.60. The number of para-hydroxylation sites is 4. The van der Waals surface area contributed by atoms with E-state index in [1.54, 1.807) is 0 Å². The van der Waals surface area contributed by atoms with Crippen molar-refractivity contribution in [2.45, 2.75) is 11.2 Å². The average molecular weight is 537 g/mol. The second-order valence-electron chi connectivity index (χ2n) is 12.0. The Kier molecular flexibility index (Phi) is 3.12. The summed E-state index contributed by atoms with van der Waals surface area (Å²) in [5.74, 6) is 0. The maximum Gasteiger partial charge on any atom is 0.183 e. The zero-order chi connectivity index (χ0) is 26.9. The predicted octanol–water partition coefficient (Wildman–Crippen LogP) is 8.37. The highest BCUT2D eigenvalue weighted by molar-refractivity contribution is 6.14. The molecule has 4 aliphatic heterocycles. The van der Waals surface area contributed by atoms with Crippen LogP contribution in [0.4, 0.5) is 0 Å². The summed E-state index contributed by atoms with van der Waals surface area (Å²) in [5.41, 5.74) is 12.3. The Labute approximate surface area is 239 Å². The number of hydrogen-bond acceptors (Lipinski definition) is 2. The van der Waals surface area contributed by atoms with Crippen molar-refractivity contribution in [3.63, 3.8) is 0 Å². The van der Waals surface area contributed by atoms with E-state index in [-0.39, 0.29) is 0 Å². The molecule has 1 aliphatic carbocycles. The SMILES string of the molecule is c1ccc2c(c1)C13OOC24c2c(ccc(c21)-n1c2ccccc2c2cccc3c21)-n1c2ccccc2c2cccc4c21. The fraction of sp³-hybridized carbons (Fsp3) is 0.0526. The van der Waals surface area contributed by atoms with E-state index >= 15 is 0 Å². The summed E-state index contributed by atoms with van der Waals surface area (Å²) >= 11 is 0. The number of hydrogen-bond donors (Lipinski definition) is 0. The number of aromatic nitrogens is 2. The third-order valence-corrected chi connectivity index (χ3v) is 10.5. The van der Waals surface area contributed by atoms with E-state index < -0.39 is 11.2 Å². The Morgan fingerprint density at radius 2 is 0.786 bits per heavy atom. The van der Waals surface area contributed by atoms with E-state index in [2.05, 4.69) is 130 Å². The molecule has 6 aromatic carbocycles. The van der Waals surface area contributed by atoms with Crippen LogP contribution in [-0.4, -0.2) is 9.13 Å². The molecule has 4 heteroatoms. The zero-order valence-corrected chi connectivity index (χ0v) is 22.3. The minimum absolute atomic E-state index is 0.892. The normalized spacial score (nSPS) is 21.8. The van der Waals surface area contributed by atoms with Crippen LogP contribution >= 0.6 is 0 Å². The fourth-order valence-electron chi connectivity index (χ4n) is 9.09. The monoisotopic (exact) mass is 536 g/mol. The van der Waals surface area contributed by atoms with Crippen molar-refractivity contribution in [2.24, 2.45) is 0 Å².